The van der Waals surface area contributed by atoms with Gasteiger partial charge in [-0.1, -0.05) is 0 Å². The molecule has 0 saturated carbocycles. The molecule has 0 atom stereocenters. The number of carbonyl (C=O) groups excluding carboxylic acids is 1. The Morgan fingerprint density at radius 2 is 2.18 bits per heavy atom. The van der Waals surface area contributed by atoms with Crippen LogP contribution in [0.15, 0.2) is 15.4 Å². The van der Waals surface area contributed by atoms with E-state index in [1.54, 1.807) is 24.4 Å². The van der Waals surface area contributed by atoms with Crippen LogP contribution in [0.2, 0.25) is 0 Å². The fraction of sp³-hybridized carbons (Fsp3) is 0.300. The second-order valence-corrected chi connectivity index (χ2v) is 4.88. The highest BCUT2D eigenvalue weighted by atomic mass is 79.9. The van der Waals surface area contributed by atoms with E-state index in [4.69, 9.17) is 4.74 Å². The molecule has 2 heterocycles. The Hall–Kier alpha value is -0.950. The van der Waals surface area contributed by atoms with Gasteiger partial charge in [0.15, 0.2) is 15.9 Å². The Morgan fingerprint density at radius 3 is 2.82 bits per heavy atom. The quantitative estimate of drug-likeness (QED) is 0.771. The highest BCUT2D eigenvalue weighted by Gasteiger charge is 2.19. The molecule has 0 spiro atoms. The molecule has 0 radical (unpaired) electrons. The van der Waals surface area contributed by atoms with Crippen molar-refractivity contribution < 1.29 is 9.53 Å². The number of hydrogen-bond donors (Lipinski definition) is 0. The highest BCUT2D eigenvalue weighted by molar-refractivity contribution is 9.11. The summed E-state index contributed by atoms with van der Waals surface area (Å²) in [4.78, 5) is 20.3. The molecule has 0 unspecified atom stereocenters. The Labute approximate surface area is 114 Å². The molecule has 7 heteroatoms. The van der Waals surface area contributed by atoms with Gasteiger partial charge in [-0.15, -0.1) is 0 Å². The standard InChI is InChI=1S/C10H9Br2N3O2/c1-3-17-10(16)7-5(2)13-9-8(12)14-6(11)4-15(7)9/h4H,3H2,1-2H3. The maximum atomic E-state index is 11.8. The van der Waals surface area contributed by atoms with Crippen LogP contribution in [-0.2, 0) is 4.74 Å². The molecule has 0 bridgehead atoms. The third kappa shape index (κ3) is 2.21. The van der Waals surface area contributed by atoms with E-state index in [9.17, 15) is 4.79 Å². The van der Waals surface area contributed by atoms with Crippen LogP contribution in [0.4, 0.5) is 0 Å². The molecule has 0 saturated heterocycles. The zero-order chi connectivity index (χ0) is 12.6. The van der Waals surface area contributed by atoms with Gasteiger partial charge in [0.1, 0.15) is 4.60 Å². The summed E-state index contributed by atoms with van der Waals surface area (Å²) < 4.78 is 7.85. The van der Waals surface area contributed by atoms with Crippen LogP contribution < -0.4 is 0 Å². The van der Waals surface area contributed by atoms with Gasteiger partial charge >= 0.3 is 5.97 Å². The van der Waals surface area contributed by atoms with Crippen LogP contribution in [-0.4, -0.2) is 26.9 Å². The maximum absolute atomic E-state index is 11.8. The molecule has 2 rings (SSSR count). The SMILES string of the molecule is CCOC(=O)c1c(C)nc2c(Br)nc(Br)cn12. The lowest BCUT2D eigenvalue weighted by atomic mass is 10.3. The molecule has 2 aromatic rings. The minimum Gasteiger partial charge on any atom is -0.461 e. The molecule has 0 aliphatic carbocycles. The minimum absolute atomic E-state index is 0.332. The van der Waals surface area contributed by atoms with Crippen molar-refractivity contribution in [3.8, 4) is 0 Å². The molecule has 90 valence electrons. The van der Waals surface area contributed by atoms with E-state index in [-0.39, 0.29) is 5.97 Å². The number of ether oxygens (including phenoxy) is 1. The first-order valence-electron chi connectivity index (χ1n) is 4.92. The first kappa shape index (κ1) is 12.5. The lowest BCUT2D eigenvalue weighted by Crippen LogP contribution is -2.09. The van der Waals surface area contributed by atoms with Gasteiger partial charge in [0, 0.05) is 6.20 Å². The average molecular weight is 363 g/mol. The lowest BCUT2D eigenvalue weighted by Gasteiger charge is -2.03. The zero-order valence-corrected chi connectivity index (χ0v) is 12.4. The van der Waals surface area contributed by atoms with Crippen LogP contribution >= 0.6 is 31.9 Å². The van der Waals surface area contributed by atoms with E-state index in [2.05, 4.69) is 41.8 Å². The summed E-state index contributed by atoms with van der Waals surface area (Å²) in [5, 5.41) is 0. The van der Waals surface area contributed by atoms with Gasteiger partial charge in [0.05, 0.1) is 12.3 Å². The number of esters is 1. The van der Waals surface area contributed by atoms with E-state index in [0.29, 0.717) is 32.8 Å². The number of fused-ring (bicyclic) bond motifs is 1. The molecule has 0 aromatic carbocycles. The molecule has 2 aromatic heterocycles. The number of hydrogen-bond acceptors (Lipinski definition) is 4. The minimum atomic E-state index is -0.387. The van der Waals surface area contributed by atoms with Crippen LogP contribution in [0.1, 0.15) is 23.1 Å². The third-order valence-corrected chi connectivity index (χ3v) is 3.09. The number of carbonyl (C=O) groups is 1. The van der Waals surface area contributed by atoms with E-state index >= 15 is 0 Å². The molecular weight excluding hydrogens is 354 g/mol. The van der Waals surface area contributed by atoms with Crippen molar-refractivity contribution in [2.24, 2.45) is 0 Å². The second kappa shape index (κ2) is 4.73. The van der Waals surface area contributed by atoms with Crippen LogP contribution in [0.25, 0.3) is 5.65 Å². The van der Waals surface area contributed by atoms with Gasteiger partial charge in [0.2, 0.25) is 0 Å². The Kier molecular flexibility index (Phi) is 3.48. The van der Waals surface area contributed by atoms with Gasteiger partial charge in [0.25, 0.3) is 0 Å². The molecular formula is C10H9Br2N3O2. The molecule has 17 heavy (non-hydrogen) atoms. The summed E-state index contributed by atoms with van der Waals surface area (Å²) in [5.74, 6) is -0.387. The fourth-order valence-corrected chi connectivity index (χ4v) is 2.63. The van der Waals surface area contributed by atoms with Crippen molar-refractivity contribution in [3.05, 3.63) is 26.8 Å². The topological polar surface area (TPSA) is 56.5 Å². The summed E-state index contributed by atoms with van der Waals surface area (Å²) in [6.07, 6.45) is 1.69. The van der Waals surface area contributed by atoms with Gasteiger partial charge in [-0.2, -0.15) is 0 Å². The Balaban J connectivity index is 2.70. The van der Waals surface area contributed by atoms with Gasteiger partial charge in [-0.25, -0.2) is 14.8 Å². The first-order valence-corrected chi connectivity index (χ1v) is 6.51. The van der Waals surface area contributed by atoms with Crippen LogP contribution in [0, 0.1) is 6.92 Å². The largest absolute Gasteiger partial charge is 0.461 e. The van der Waals surface area contributed by atoms with Crippen molar-refractivity contribution in [1.29, 1.82) is 0 Å². The zero-order valence-electron chi connectivity index (χ0n) is 9.20. The normalized spacial score (nSPS) is 10.8. The Morgan fingerprint density at radius 1 is 1.47 bits per heavy atom. The summed E-state index contributed by atoms with van der Waals surface area (Å²) in [6.45, 7) is 3.86. The van der Waals surface area contributed by atoms with Crippen molar-refractivity contribution in [3.63, 3.8) is 0 Å². The predicted molar refractivity (Wildman–Crippen MR) is 69.1 cm³/mol. The number of imidazole rings is 1. The number of rotatable bonds is 2. The lowest BCUT2D eigenvalue weighted by molar-refractivity contribution is 0.0517. The van der Waals surface area contributed by atoms with E-state index in [0.717, 1.165) is 0 Å². The van der Waals surface area contributed by atoms with Crippen molar-refractivity contribution in [1.82, 2.24) is 14.4 Å². The van der Waals surface area contributed by atoms with Crippen molar-refractivity contribution in [2.45, 2.75) is 13.8 Å². The van der Waals surface area contributed by atoms with E-state index < -0.39 is 0 Å². The van der Waals surface area contributed by atoms with Gasteiger partial charge in [-0.05, 0) is 45.7 Å². The van der Waals surface area contributed by atoms with E-state index in [1.165, 1.54) is 0 Å². The summed E-state index contributed by atoms with van der Waals surface area (Å²) in [6, 6.07) is 0. The first-order chi connectivity index (χ1) is 8.04. The smallest absolute Gasteiger partial charge is 0.357 e. The number of aromatic nitrogens is 3. The third-order valence-electron chi connectivity index (χ3n) is 2.18. The number of nitrogens with zero attached hydrogens (tertiary/aromatic N) is 3. The van der Waals surface area contributed by atoms with Crippen LogP contribution in [0.3, 0.4) is 0 Å². The van der Waals surface area contributed by atoms with Gasteiger partial charge < -0.3 is 4.74 Å². The summed E-state index contributed by atoms with van der Waals surface area (Å²) in [7, 11) is 0. The van der Waals surface area contributed by atoms with Crippen molar-refractivity contribution in [2.75, 3.05) is 6.61 Å². The van der Waals surface area contributed by atoms with Gasteiger partial charge in [-0.3, -0.25) is 4.40 Å². The van der Waals surface area contributed by atoms with E-state index in [1.807, 2.05) is 0 Å². The summed E-state index contributed by atoms with van der Waals surface area (Å²) >= 11 is 6.58. The summed E-state index contributed by atoms with van der Waals surface area (Å²) in [5.41, 5.74) is 1.63. The Bertz CT molecular complexity index is 595. The predicted octanol–water partition coefficient (Wildman–Crippen LogP) is 2.74. The second-order valence-electron chi connectivity index (χ2n) is 3.31. The number of halogens is 2. The van der Waals surface area contributed by atoms with Crippen LogP contribution in [0.5, 0.6) is 0 Å². The molecule has 5 nitrogen and oxygen atoms in total. The maximum Gasteiger partial charge on any atom is 0.357 e. The average Bonchev–Trinajstić information content (AvgIpc) is 2.55. The van der Waals surface area contributed by atoms with Crippen molar-refractivity contribution >= 4 is 43.5 Å². The molecule has 0 fully saturated rings. The molecule has 0 aliphatic rings. The fourth-order valence-electron chi connectivity index (χ4n) is 1.54. The highest BCUT2D eigenvalue weighted by Crippen LogP contribution is 2.22. The molecule has 0 N–H and O–H groups in total. The number of aryl methyl sites for hydroxylation is 1. The molecule has 0 amide bonds. The monoisotopic (exact) mass is 361 g/mol. The molecule has 0 aliphatic heterocycles.